The molecule has 208 valence electrons. The highest BCUT2D eigenvalue weighted by atomic mass is 19.1. The number of anilines is 2. The van der Waals surface area contributed by atoms with Crippen molar-refractivity contribution in [1.29, 1.82) is 0 Å². The number of aliphatic hydroxyl groups excluding tert-OH is 1. The molecule has 1 atom stereocenters. The van der Waals surface area contributed by atoms with Crippen molar-refractivity contribution in [3.63, 3.8) is 0 Å². The molecule has 0 unspecified atom stereocenters. The maximum Gasteiger partial charge on any atom is 0.322 e. The summed E-state index contributed by atoms with van der Waals surface area (Å²) in [6, 6.07) is 9.79. The number of fused-ring (bicyclic) bond motifs is 4. The number of nitrogens with one attached hydrogen (secondary N) is 3. The topological polar surface area (TPSA) is 136 Å². The number of likely N-dealkylation sites (tertiary alicyclic amines) is 1. The Hall–Kier alpha value is -4.58. The van der Waals surface area contributed by atoms with E-state index in [0.29, 0.717) is 47.4 Å². The third-order valence-corrected chi connectivity index (χ3v) is 7.82. The fourth-order valence-electron chi connectivity index (χ4n) is 5.88. The zero-order valence-electron chi connectivity index (χ0n) is 22.2. The van der Waals surface area contributed by atoms with Crippen LogP contribution < -0.4 is 15.4 Å². The number of aliphatic hydroxyl groups is 1. The fraction of sp³-hybridized carbons (Fsp3) is 0.321. The first-order chi connectivity index (χ1) is 19.2. The minimum absolute atomic E-state index is 0.256. The van der Waals surface area contributed by atoms with Gasteiger partial charge in [0, 0.05) is 48.0 Å². The van der Waals surface area contributed by atoms with E-state index < -0.39 is 23.3 Å². The van der Waals surface area contributed by atoms with Gasteiger partial charge in [-0.15, -0.1) is 0 Å². The number of ether oxygens (including phenoxy) is 1. The normalized spacial score (nSPS) is 17.5. The molecular weight excluding hydrogens is 519 g/mol. The summed E-state index contributed by atoms with van der Waals surface area (Å²) in [5.41, 5.74) is 3.44. The first-order valence-corrected chi connectivity index (χ1v) is 12.9. The van der Waals surface area contributed by atoms with Crippen molar-refractivity contribution in [2.24, 2.45) is 0 Å². The third-order valence-electron chi connectivity index (χ3n) is 7.82. The van der Waals surface area contributed by atoms with Crippen molar-refractivity contribution in [2.45, 2.75) is 25.3 Å². The number of aromatic nitrogens is 2. The lowest BCUT2D eigenvalue weighted by molar-refractivity contribution is 0.0374. The molecule has 2 aliphatic rings. The van der Waals surface area contributed by atoms with Gasteiger partial charge in [-0.05, 0) is 55.8 Å². The largest absolute Gasteiger partial charge is 0.497 e. The van der Waals surface area contributed by atoms with E-state index in [2.05, 4.69) is 20.8 Å². The van der Waals surface area contributed by atoms with Crippen LogP contribution in [0, 0.1) is 19.7 Å². The van der Waals surface area contributed by atoms with Gasteiger partial charge < -0.3 is 39.8 Å². The number of aryl methyl sites for hydroxylation is 2. The van der Waals surface area contributed by atoms with Gasteiger partial charge in [0.2, 0.25) is 0 Å². The molecule has 4 heterocycles. The molecule has 2 aromatic carbocycles. The lowest BCUT2D eigenvalue weighted by Gasteiger charge is -2.55. The van der Waals surface area contributed by atoms with E-state index in [0.717, 1.165) is 16.5 Å². The molecule has 0 aliphatic carbocycles. The summed E-state index contributed by atoms with van der Waals surface area (Å²) in [7, 11) is 1.59. The van der Waals surface area contributed by atoms with E-state index in [9.17, 15) is 19.1 Å². The van der Waals surface area contributed by atoms with E-state index in [1.165, 1.54) is 24.3 Å². The number of benzene rings is 2. The Kier molecular flexibility index (Phi) is 6.14. The van der Waals surface area contributed by atoms with Gasteiger partial charge in [0.25, 0.3) is 0 Å². The molecule has 1 fully saturated rings. The molecule has 4 amide bonds. The quantitative estimate of drug-likeness (QED) is 0.301. The Bertz CT molecular complexity index is 1590. The predicted octanol–water partition coefficient (Wildman–Crippen LogP) is 4.29. The van der Waals surface area contributed by atoms with E-state index in [-0.39, 0.29) is 19.2 Å². The lowest BCUT2D eigenvalue weighted by Crippen LogP contribution is -2.68. The SMILES string of the molecule is COc1ccc2c3c([nH]c2c1)[C@@H](CO)N(C(=O)Nc1ccc(F)cc1)CC31CN(C(=O)Nc2c(C)noc2C)C1. The number of rotatable bonds is 4. The maximum atomic E-state index is 13.5. The number of carbonyl (C=O) groups excluding carboxylic acids is 2. The van der Waals surface area contributed by atoms with Gasteiger partial charge in [-0.1, -0.05) is 5.16 Å². The van der Waals surface area contributed by atoms with Crippen LogP contribution in [0.4, 0.5) is 25.4 Å². The van der Waals surface area contributed by atoms with Gasteiger partial charge in [0.05, 0.1) is 25.2 Å². The van der Waals surface area contributed by atoms with Gasteiger partial charge in [-0.2, -0.15) is 0 Å². The van der Waals surface area contributed by atoms with Crippen molar-refractivity contribution < 1.29 is 28.3 Å². The second-order valence-electron chi connectivity index (χ2n) is 10.4. The second-order valence-corrected chi connectivity index (χ2v) is 10.4. The van der Waals surface area contributed by atoms with Gasteiger partial charge in [0.1, 0.15) is 22.9 Å². The summed E-state index contributed by atoms with van der Waals surface area (Å²) in [6.07, 6.45) is 0. The van der Waals surface area contributed by atoms with Crippen LogP contribution in [0.2, 0.25) is 0 Å². The highest BCUT2D eigenvalue weighted by molar-refractivity contribution is 5.94. The number of amides is 4. The Labute approximate surface area is 228 Å². The number of hydrogen-bond acceptors (Lipinski definition) is 6. The van der Waals surface area contributed by atoms with Gasteiger partial charge in [-0.25, -0.2) is 14.0 Å². The molecule has 40 heavy (non-hydrogen) atoms. The van der Waals surface area contributed by atoms with Gasteiger partial charge in [0.15, 0.2) is 5.76 Å². The number of methoxy groups -OCH3 is 1. The van der Waals surface area contributed by atoms with Crippen molar-refractivity contribution in [3.8, 4) is 5.75 Å². The first-order valence-electron chi connectivity index (χ1n) is 12.9. The molecule has 1 saturated heterocycles. The third kappa shape index (κ3) is 4.11. The Balaban J connectivity index is 1.35. The number of urea groups is 2. The average Bonchev–Trinajstić information content (AvgIpc) is 3.46. The number of nitrogens with zero attached hydrogens (tertiary/aromatic N) is 3. The molecule has 2 aromatic heterocycles. The molecule has 0 bridgehead atoms. The van der Waals surface area contributed by atoms with Crippen molar-refractivity contribution in [2.75, 3.05) is 44.0 Å². The molecular formula is C28H29FN6O5. The summed E-state index contributed by atoms with van der Waals surface area (Å²) in [6.45, 7) is 4.10. The Morgan fingerprint density at radius 1 is 1.15 bits per heavy atom. The van der Waals surface area contributed by atoms with E-state index in [4.69, 9.17) is 9.26 Å². The van der Waals surface area contributed by atoms with Crippen LogP contribution in [-0.2, 0) is 5.41 Å². The highest BCUT2D eigenvalue weighted by Crippen LogP contribution is 2.49. The predicted molar refractivity (Wildman–Crippen MR) is 145 cm³/mol. The fourth-order valence-corrected chi connectivity index (χ4v) is 5.88. The van der Waals surface area contributed by atoms with Gasteiger partial charge in [-0.3, -0.25) is 0 Å². The Morgan fingerprint density at radius 3 is 2.55 bits per heavy atom. The molecule has 0 saturated carbocycles. The molecule has 12 heteroatoms. The molecule has 2 aliphatic heterocycles. The molecule has 6 rings (SSSR count). The standard InChI is InChI=1S/C28H29FN6O5/c1-15-24(16(2)40-33-15)32-26(37)34-12-28(13-34)14-35(27(38)30-18-6-4-17(29)5-7-18)22(11-36)25-23(28)20-9-8-19(39-3)10-21(20)31-25/h4-10,22,31,36H,11-14H2,1-3H3,(H,30,38)(H,32,37)/t22-/m1/s1. The van der Waals surface area contributed by atoms with Crippen molar-refractivity contribution >= 4 is 34.3 Å². The molecule has 4 N–H and O–H groups in total. The van der Waals surface area contributed by atoms with Crippen LogP contribution in [0.3, 0.4) is 0 Å². The number of H-pyrrole nitrogens is 1. The Morgan fingerprint density at radius 2 is 1.90 bits per heavy atom. The lowest BCUT2D eigenvalue weighted by atomic mass is 9.69. The van der Waals surface area contributed by atoms with E-state index in [1.54, 1.807) is 30.8 Å². The van der Waals surface area contributed by atoms with Crippen LogP contribution in [0.1, 0.15) is 28.8 Å². The summed E-state index contributed by atoms with van der Waals surface area (Å²) in [5, 5.41) is 21.0. The summed E-state index contributed by atoms with van der Waals surface area (Å²) in [4.78, 5) is 33.4. The smallest absolute Gasteiger partial charge is 0.322 e. The maximum absolute atomic E-state index is 13.5. The average molecular weight is 549 g/mol. The molecule has 11 nitrogen and oxygen atoms in total. The zero-order valence-corrected chi connectivity index (χ0v) is 22.2. The van der Waals surface area contributed by atoms with E-state index in [1.807, 2.05) is 18.2 Å². The van der Waals surface area contributed by atoms with Crippen LogP contribution in [0.15, 0.2) is 47.0 Å². The minimum Gasteiger partial charge on any atom is -0.497 e. The minimum atomic E-state index is -0.662. The zero-order chi connectivity index (χ0) is 28.2. The van der Waals surface area contributed by atoms with Crippen LogP contribution in [-0.4, -0.2) is 70.5 Å². The monoisotopic (exact) mass is 548 g/mol. The summed E-state index contributed by atoms with van der Waals surface area (Å²) in [5.74, 6) is 0.771. The van der Waals surface area contributed by atoms with Crippen LogP contribution in [0.5, 0.6) is 5.75 Å². The molecule has 0 radical (unpaired) electrons. The second kappa shape index (κ2) is 9.56. The number of halogens is 1. The summed E-state index contributed by atoms with van der Waals surface area (Å²) < 4.78 is 24.0. The summed E-state index contributed by atoms with van der Waals surface area (Å²) >= 11 is 0. The highest BCUT2D eigenvalue weighted by Gasteiger charge is 2.55. The van der Waals surface area contributed by atoms with Crippen molar-refractivity contribution in [3.05, 3.63) is 71.0 Å². The first kappa shape index (κ1) is 25.7. The van der Waals surface area contributed by atoms with Crippen LogP contribution >= 0.6 is 0 Å². The number of hydrogen-bond donors (Lipinski definition) is 4. The van der Waals surface area contributed by atoms with E-state index >= 15 is 0 Å². The van der Waals surface area contributed by atoms with Crippen LogP contribution in [0.25, 0.3) is 10.9 Å². The molecule has 4 aromatic rings. The van der Waals surface area contributed by atoms with Gasteiger partial charge >= 0.3 is 12.1 Å². The van der Waals surface area contributed by atoms with Crippen molar-refractivity contribution in [1.82, 2.24) is 19.9 Å². The molecule has 1 spiro atoms. The number of aromatic amines is 1. The number of carbonyl (C=O) groups is 2.